The third kappa shape index (κ3) is 3.42. The Bertz CT molecular complexity index is 100. The zero-order valence-electron chi connectivity index (χ0n) is 5.25. The molecule has 0 N–H and O–H groups in total. The fourth-order valence-electron chi connectivity index (χ4n) is 0.409. The van der Waals surface area contributed by atoms with Gasteiger partial charge in [-0.3, -0.25) is 0 Å². The van der Waals surface area contributed by atoms with E-state index in [2.05, 4.69) is 86.6 Å². The van der Waals surface area contributed by atoms with Gasteiger partial charge in [-0.2, -0.15) is 0 Å². The molecule has 5 heteroatoms. The van der Waals surface area contributed by atoms with Crippen LogP contribution in [0.2, 0.25) is 0 Å². The Kier molecular flexibility index (Phi) is 6.45. The van der Waals surface area contributed by atoms with Crippen molar-refractivity contribution in [1.82, 2.24) is 0 Å². The highest BCUT2D eigenvalue weighted by Gasteiger charge is 2.36. The Balaban J connectivity index is 4.09. The summed E-state index contributed by atoms with van der Waals surface area (Å²) in [6.07, 6.45) is 1.06. The van der Waals surface area contributed by atoms with Crippen LogP contribution in [0, 0.1) is 0 Å². The molecule has 0 heterocycles. The maximum absolute atomic E-state index is 3.55. The molecule has 0 aromatic heterocycles. The lowest BCUT2D eigenvalue weighted by molar-refractivity contribution is 0.800. The van der Waals surface area contributed by atoms with Crippen LogP contribution in [0.5, 0.6) is 0 Å². The summed E-state index contributed by atoms with van der Waals surface area (Å²) in [6, 6.07) is 0. The molecule has 0 aliphatic heterocycles. The molecule has 0 nitrogen and oxygen atoms in total. The SMILES string of the molecule is CCC(Br)C(Br)(Br)C(Br)Br. The normalized spacial score (nSPS) is 15.9. The second-order valence-electron chi connectivity index (χ2n) is 1.85. The fraction of sp³-hybridized carbons (Fsp3) is 1.00. The highest BCUT2D eigenvalue weighted by atomic mass is 79.9. The minimum atomic E-state index is -0.116. The molecule has 0 saturated carbocycles. The van der Waals surface area contributed by atoms with E-state index in [-0.39, 0.29) is 6.97 Å². The van der Waals surface area contributed by atoms with Gasteiger partial charge in [-0.1, -0.05) is 86.6 Å². The van der Waals surface area contributed by atoms with E-state index in [1.165, 1.54) is 0 Å². The zero-order valence-corrected chi connectivity index (χ0v) is 13.2. The summed E-state index contributed by atoms with van der Waals surface area (Å²) in [7, 11) is 0. The molecule has 0 saturated heterocycles. The van der Waals surface area contributed by atoms with E-state index in [0.717, 1.165) is 6.42 Å². The van der Waals surface area contributed by atoms with E-state index in [0.29, 0.717) is 4.83 Å². The predicted octanol–water partition coefficient (Wildman–Crippen LogP) is 4.76. The summed E-state index contributed by atoms with van der Waals surface area (Å²) in [6.45, 7) is 2.12. The Morgan fingerprint density at radius 1 is 1.20 bits per heavy atom. The third-order valence-corrected chi connectivity index (χ3v) is 9.59. The van der Waals surface area contributed by atoms with Crippen LogP contribution >= 0.6 is 79.6 Å². The van der Waals surface area contributed by atoms with Gasteiger partial charge in [0.05, 0.1) is 3.74 Å². The maximum Gasteiger partial charge on any atom is 0.115 e. The van der Waals surface area contributed by atoms with Crippen LogP contribution in [0.4, 0.5) is 0 Å². The summed E-state index contributed by atoms with van der Waals surface area (Å²) in [4.78, 5) is 0.392. The first-order valence-electron chi connectivity index (χ1n) is 2.73. The molecule has 1 unspecified atom stereocenters. The van der Waals surface area contributed by atoms with Crippen molar-refractivity contribution in [3.8, 4) is 0 Å². The molecule has 0 spiro atoms. The second-order valence-corrected chi connectivity index (χ2v) is 9.70. The van der Waals surface area contributed by atoms with E-state index in [9.17, 15) is 0 Å². The van der Waals surface area contributed by atoms with Gasteiger partial charge in [-0.15, -0.1) is 0 Å². The molecule has 0 aliphatic carbocycles. The van der Waals surface area contributed by atoms with Gasteiger partial charge in [0.2, 0.25) is 0 Å². The topological polar surface area (TPSA) is 0 Å². The molecular weight excluding hydrogens is 460 g/mol. The van der Waals surface area contributed by atoms with E-state index in [1.807, 2.05) is 0 Å². The molecule has 0 aromatic carbocycles. The summed E-state index contributed by atoms with van der Waals surface area (Å²) >= 11 is 17.5. The first-order valence-corrected chi connectivity index (χ1v) is 7.06. The molecule has 0 amide bonds. The Morgan fingerprint density at radius 3 is 1.70 bits per heavy atom. The zero-order chi connectivity index (χ0) is 8.36. The molecule has 10 heavy (non-hydrogen) atoms. The number of alkyl halides is 5. The van der Waals surface area contributed by atoms with Crippen molar-refractivity contribution in [1.29, 1.82) is 0 Å². The van der Waals surface area contributed by atoms with Gasteiger partial charge in [0.1, 0.15) is 3.23 Å². The minimum absolute atomic E-state index is 0.116. The fourth-order valence-corrected chi connectivity index (χ4v) is 2.67. The van der Waals surface area contributed by atoms with Crippen LogP contribution in [0.3, 0.4) is 0 Å². The Morgan fingerprint density at radius 2 is 1.60 bits per heavy atom. The van der Waals surface area contributed by atoms with Crippen molar-refractivity contribution in [2.45, 2.75) is 25.1 Å². The van der Waals surface area contributed by atoms with Crippen LogP contribution < -0.4 is 0 Å². The van der Waals surface area contributed by atoms with Gasteiger partial charge in [0.25, 0.3) is 0 Å². The van der Waals surface area contributed by atoms with Crippen molar-refractivity contribution in [3.05, 3.63) is 0 Å². The average Bonchev–Trinajstić information content (AvgIpc) is 1.86. The molecule has 0 aromatic rings. The molecule has 1 atom stereocenters. The third-order valence-electron chi connectivity index (χ3n) is 1.07. The second kappa shape index (κ2) is 5.20. The van der Waals surface area contributed by atoms with Crippen LogP contribution in [-0.4, -0.2) is 11.8 Å². The van der Waals surface area contributed by atoms with Crippen LogP contribution in [-0.2, 0) is 0 Å². The first kappa shape index (κ1) is 12.4. The Labute approximate surface area is 104 Å². The summed E-state index contributed by atoms with van der Waals surface area (Å²) in [5.74, 6) is 0. The van der Waals surface area contributed by atoms with Crippen LogP contribution in [0.15, 0.2) is 0 Å². The lowest BCUT2D eigenvalue weighted by Gasteiger charge is -2.26. The van der Waals surface area contributed by atoms with Crippen LogP contribution in [0.25, 0.3) is 0 Å². The van der Waals surface area contributed by atoms with Gasteiger partial charge in [0, 0.05) is 4.83 Å². The van der Waals surface area contributed by atoms with Crippen molar-refractivity contribution in [2.75, 3.05) is 0 Å². The molecule has 62 valence electrons. The van der Waals surface area contributed by atoms with Crippen molar-refractivity contribution in [2.24, 2.45) is 0 Å². The van der Waals surface area contributed by atoms with Crippen molar-refractivity contribution >= 4 is 79.6 Å². The monoisotopic (exact) mass is 462 g/mol. The lowest BCUT2D eigenvalue weighted by Crippen LogP contribution is -2.30. The number of hydrogen-bond acceptors (Lipinski definition) is 0. The molecule has 0 bridgehead atoms. The standard InChI is InChI=1S/C5H7Br5/c1-2-3(6)5(9,10)4(7)8/h3-4H,2H2,1H3. The smallest absolute Gasteiger partial charge is 0.0865 e. The molecule has 0 radical (unpaired) electrons. The summed E-state index contributed by atoms with van der Waals surface area (Å²) in [5.41, 5.74) is 0. The summed E-state index contributed by atoms with van der Waals surface area (Å²) in [5, 5.41) is 0. The minimum Gasteiger partial charge on any atom is -0.0865 e. The molecule has 0 rings (SSSR count). The van der Waals surface area contributed by atoms with Crippen LogP contribution in [0.1, 0.15) is 13.3 Å². The average molecular weight is 467 g/mol. The van der Waals surface area contributed by atoms with E-state index >= 15 is 0 Å². The lowest BCUT2D eigenvalue weighted by atomic mass is 10.3. The predicted molar refractivity (Wildman–Crippen MR) is 65.2 cm³/mol. The van der Waals surface area contributed by atoms with Crippen molar-refractivity contribution < 1.29 is 0 Å². The van der Waals surface area contributed by atoms with E-state index in [4.69, 9.17) is 0 Å². The van der Waals surface area contributed by atoms with Gasteiger partial charge in [-0.05, 0) is 6.42 Å². The highest BCUT2D eigenvalue weighted by Crippen LogP contribution is 2.45. The molecule has 0 aliphatic rings. The molecule has 0 fully saturated rings. The van der Waals surface area contributed by atoms with Gasteiger partial charge >= 0.3 is 0 Å². The van der Waals surface area contributed by atoms with Gasteiger partial charge in [0.15, 0.2) is 0 Å². The number of hydrogen-bond donors (Lipinski definition) is 0. The Hall–Kier alpha value is 2.40. The highest BCUT2D eigenvalue weighted by molar-refractivity contribution is 9.30. The van der Waals surface area contributed by atoms with E-state index < -0.39 is 0 Å². The quantitative estimate of drug-likeness (QED) is 0.526. The number of halogens is 5. The van der Waals surface area contributed by atoms with E-state index in [1.54, 1.807) is 0 Å². The van der Waals surface area contributed by atoms with Gasteiger partial charge < -0.3 is 0 Å². The maximum atomic E-state index is 3.55. The number of rotatable bonds is 3. The molecular formula is C5H7Br5. The first-order chi connectivity index (χ1) is 4.42. The van der Waals surface area contributed by atoms with Gasteiger partial charge in [-0.25, -0.2) is 0 Å². The van der Waals surface area contributed by atoms with Crippen molar-refractivity contribution in [3.63, 3.8) is 0 Å². The largest absolute Gasteiger partial charge is 0.115 e. The summed E-state index contributed by atoms with van der Waals surface area (Å²) < 4.78 is 0.0891.